The summed E-state index contributed by atoms with van der Waals surface area (Å²) in [5.41, 5.74) is 3.62. The summed E-state index contributed by atoms with van der Waals surface area (Å²) in [6.07, 6.45) is 7.07. The Balaban J connectivity index is 1.50. The second-order valence-corrected chi connectivity index (χ2v) is 8.51. The number of hydrogen-bond acceptors (Lipinski definition) is 3. The van der Waals surface area contributed by atoms with Crippen LogP contribution < -0.4 is 10.2 Å². The number of rotatable bonds is 4. The Bertz CT molecular complexity index is 854. The molecule has 0 bridgehead atoms. The molecule has 1 amide bonds. The molecule has 2 heterocycles. The number of aromatic nitrogens is 1. The summed E-state index contributed by atoms with van der Waals surface area (Å²) in [6.45, 7) is 3.98. The van der Waals surface area contributed by atoms with Crippen LogP contribution in [0.25, 0.3) is 0 Å². The molecule has 1 N–H and O–H groups in total. The van der Waals surface area contributed by atoms with Crippen LogP contribution in [0.4, 0.5) is 11.5 Å². The van der Waals surface area contributed by atoms with Crippen LogP contribution in [0, 0.1) is 11.8 Å². The highest BCUT2D eigenvalue weighted by Gasteiger charge is 2.47. The fourth-order valence-electron chi connectivity index (χ4n) is 4.82. The van der Waals surface area contributed by atoms with Gasteiger partial charge in [0.15, 0.2) is 0 Å². The van der Waals surface area contributed by atoms with Gasteiger partial charge in [-0.15, -0.1) is 0 Å². The SMILES string of the molecule is CC(=O)N1c2ccccc2[C@H](Nc2ccc(C3CC3)cn2)[C@@H](C)[C@@H]1C1CC1. The molecular weight excluding hydrogens is 334 g/mol. The van der Waals surface area contributed by atoms with E-state index >= 15 is 0 Å². The molecule has 4 heteroatoms. The van der Waals surface area contributed by atoms with Crippen LogP contribution in [-0.4, -0.2) is 16.9 Å². The molecular formula is C23H27N3O. The smallest absolute Gasteiger partial charge is 0.224 e. The number of pyridine rings is 1. The van der Waals surface area contributed by atoms with E-state index in [1.807, 2.05) is 12.3 Å². The highest BCUT2D eigenvalue weighted by atomic mass is 16.2. The van der Waals surface area contributed by atoms with Crippen molar-refractivity contribution in [1.29, 1.82) is 0 Å². The van der Waals surface area contributed by atoms with Crippen molar-refractivity contribution in [3.8, 4) is 0 Å². The number of para-hydroxylation sites is 1. The number of nitrogens with one attached hydrogen (secondary N) is 1. The number of hydrogen-bond donors (Lipinski definition) is 1. The summed E-state index contributed by atoms with van der Waals surface area (Å²) in [7, 11) is 0. The summed E-state index contributed by atoms with van der Waals surface area (Å²) >= 11 is 0. The van der Waals surface area contributed by atoms with Crippen molar-refractivity contribution in [2.75, 3.05) is 10.2 Å². The van der Waals surface area contributed by atoms with Crippen LogP contribution in [0.15, 0.2) is 42.6 Å². The van der Waals surface area contributed by atoms with Crippen molar-refractivity contribution in [2.45, 2.75) is 57.5 Å². The molecule has 3 aliphatic rings. The molecule has 2 saturated carbocycles. The second-order valence-electron chi connectivity index (χ2n) is 8.51. The Morgan fingerprint density at radius 2 is 1.89 bits per heavy atom. The minimum Gasteiger partial charge on any atom is -0.363 e. The third-order valence-corrected chi connectivity index (χ3v) is 6.48. The fraction of sp³-hybridized carbons (Fsp3) is 0.478. The third kappa shape index (κ3) is 3.01. The average Bonchev–Trinajstić information content (AvgIpc) is 3.56. The summed E-state index contributed by atoms with van der Waals surface area (Å²) in [4.78, 5) is 19.3. The molecule has 0 radical (unpaired) electrons. The molecule has 0 unspecified atom stereocenters. The number of fused-ring (bicyclic) bond motifs is 1. The highest BCUT2D eigenvalue weighted by Crippen LogP contribution is 2.49. The van der Waals surface area contributed by atoms with E-state index in [1.54, 1.807) is 6.92 Å². The van der Waals surface area contributed by atoms with Crippen LogP contribution in [-0.2, 0) is 4.79 Å². The first-order valence-electron chi connectivity index (χ1n) is 10.2. The normalized spacial score (nSPS) is 27.2. The third-order valence-electron chi connectivity index (χ3n) is 6.48. The maximum atomic E-state index is 12.5. The lowest BCUT2D eigenvalue weighted by atomic mass is 9.80. The predicted molar refractivity (Wildman–Crippen MR) is 108 cm³/mol. The maximum Gasteiger partial charge on any atom is 0.224 e. The van der Waals surface area contributed by atoms with E-state index in [0.29, 0.717) is 11.8 Å². The Morgan fingerprint density at radius 1 is 1.11 bits per heavy atom. The monoisotopic (exact) mass is 361 g/mol. The Kier molecular flexibility index (Phi) is 3.96. The van der Waals surface area contributed by atoms with Gasteiger partial charge >= 0.3 is 0 Å². The Morgan fingerprint density at radius 3 is 2.52 bits per heavy atom. The van der Waals surface area contributed by atoms with Crippen molar-refractivity contribution < 1.29 is 4.79 Å². The van der Waals surface area contributed by atoms with Crippen LogP contribution >= 0.6 is 0 Å². The van der Waals surface area contributed by atoms with Gasteiger partial charge in [-0.05, 0) is 60.8 Å². The maximum absolute atomic E-state index is 12.5. The molecule has 2 aliphatic carbocycles. The van der Waals surface area contributed by atoms with Crippen LogP contribution in [0.2, 0.25) is 0 Å². The fourth-order valence-corrected chi connectivity index (χ4v) is 4.82. The van der Waals surface area contributed by atoms with Gasteiger partial charge in [-0.2, -0.15) is 0 Å². The molecule has 1 aromatic heterocycles. The number of benzene rings is 1. The quantitative estimate of drug-likeness (QED) is 0.843. The van der Waals surface area contributed by atoms with Gasteiger partial charge in [0.25, 0.3) is 0 Å². The molecule has 5 rings (SSSR count). The van der Waals surface area contributed by atoms with Gasteiger partial charge in [0, 0.05) is 30.8 Å². The predicted octanol–water partition coefficient (Wildman–Crippen LogP) is 4.89. The lowest BCUT2D eigenvalue weighted by Crippen LogP contribution is -2.51. The highest BCUT2D eigenvalue weighted by molar-refractivity contribution is 5.94. The van der Waals surface area contributed by atoms with Crippen molar-refractivity contribution in [3.63, 3.8) is 0 Å². The number of carbonyl (C=O) groups is 1. The lowest BCUT2D eigenvalue weighted by Gasteiger charge is -2.45. The van der Waals surface area contributed by atoms with E-state index in [2.05, 4.69) is 52.5 Å². The summed E-state index contributed by atoms with van der Waals surface area (Å²) < 4.78 is 0. The standard InChI is InChI=1S/C23H27N3O/c1-14-22(25-21-12-11-18(13-24-21)16-7-8-16)19-5-3-4-6-20(19)26(15(2)27)23(14)17-9-10-17/h3-6,11-14,16-17,22-23H,7-10H2,1-2H3,(H,24,25)/t14-,22-,23-/m1/s1. The van der Waals surface area contributed by atoms with Gasteiger partial charge in [0.05, 0.1) is 6.04 Å². The van der Waals surface area contributed by atoms with E-state index < -0.39 is 0 Å². The van der Waals surface area contributed by atoms with Gasteiger partial charge in [0.1, 0.15) is 5.82 Å². The van der Waals surface area contributed by atoms with E-state index in [0.717, 1.165) is 17.4 Å². The number of carbonyl (C=O) groups excluding carboxylic acids is 1. The van der Waals surface area contributed by atoms with Gasteiger partial charge in [-0.3, -0.25) is 4.79 Å². The van der Waals surface area contributed by atoms with Crippen LogP contribution in [0.3, 0.4) is 0 Å². The molecule has 4 nitrogen and oxygen atoms in total. The topological polar surface area (TPSA) is 45.2 Å². The minimum atomic E-state index is 0.150. The van der Waals surface area contributed by atoms with Gasteiger partial charge in [0.2, 0.25) is 5.91 Å². The first-order valence-corrected chi connectivity index (χ1v) is 10.2. The molecule has 1 aliphatic heterocycles. The average molecular weight is 361 g/mol. The summed E-state index contributed by atoms with van der Waals surface area (Å²) in [5, 5.41) is 3.70. The van der Waals surface area contributed by atoms with Crippen molar-refractivity contribution in [2.24, 2.45) is 11.8 Å². The van der Waals surface area contributed by atoms with E-state index in [1.165, 1.54) is 36.8 Å². The summed E-state index contributed by atoms with van der Waals surface area (Å²) in [6, 6.07) is 13.1. The zero-order valence-electron chi connectivity index (χ0n) is 16.1. The Hall–Kier alpha value is -2.36. The van der Waals surface area contributed by atoms with E-state index in [9.17, 15) is 4.79 Å². The van der Waals surface area contributed by atoms with Gasteiger partial charge in [-0.1, -0.05) is 31.2 Å². The molecule has 0 spiro atoms. The molecule has 3 atom stereocenters. The van der Waals surface area contributed by atoms with Crippen molar-refractivity contribution >= 4 is 17.4 Å². The van der Waals surface area contributed by atoms with E-state index in [-0.39, 0.29) is 18.0 Å². The van der Waals surface area contributed by atoms with E-state index in [4.69, 9.17) is 0 Å². The molecule has 0 saturated heterocycles. The van der Waals surface area contributed by atoms with Crippen molar-refractivity contribution in [3.05, 3.63) is 53.7 Å². The molecule has 27 heavy (non-hydrogen) atoms. The first kappa shape index (κ1) is 16.8. The first-order chi connectivity index (χ1) is 13.1. The molecule has 1 aromatic carbocycles. The van der Waals surface area contributed by atoms with Crippen molar-refractivity contribution in [1.82, 2.24) is 4.98 Å². The zero-order chi connectivity index (χ0) is 18.5. The number of anilines is 2. The zero-order valence-corrected chi connectivity index (χ0v) is 16.1. The summed E-state index contributed by atoms with van der Waals surface area (Å²) in [5.74, 6) is 2.76. The lowest BCUT2D eigenvalue weighted by molar-refractivity contribution is -0.117. The largest absolute Gasteiger partial charge is 0.363 e. The minimum absolute atomic E-state index is 0.150. The Labute approximate surface area is 161 Å². The second kappa shape index (κ2) is 6.36. The molecule has 2 aromatic rings. The van der Waals surface area contributed by atoms with Gasteiger partial charge < -0.3 is 10.2 Å². The van der Waals surface area contributed by atoms with Crippen LogP contribution in [0.1, 0.15) is 62.6 Å². The number of nitrogens with zero attached hydrogens (tertiary/aromatic N) is 2. The molecule has 2 fully saturated rings. The van der Waals surface area contributed by atoms with Gasteiger partial charge in [-0.25, -0.2) is 4.98 Å². The number of amides is 1. The molecule has 140 valence electrons. The van der Waals surface area contributed by atoms with Crippen LogP contribution in [0.5, 0.6) is 0 Å².